The van der Waals surface area contributed by atoms with Crippen molar-refractivity contribution in [2.24, 2.45) is 0 Å². The van der Waals surface area contributed by atoms with Crippen LogP contribution in [0.5, 0.6) is 0 Å². The summed E-state index contributed by atoms with van der Waals surface area (Å²) in [6, 6.07) is 18.2. The Kier molecular flexibility index (Phi) is 5.84. The Balaban J connectivity index is 1.59. The largest absolute Gasteiger partial charge is 0.348 e. The number of aromatic nitrogens is 2. The number of hydrogen-bond acceptors (Lipinski definition) is 3. The number of rotatable bonds is 5. The van der Waals surface area contributed by atoms with E-state index in [4.69, 9.17) is 23.2 Å². The van der Waals surface area contributed by atoms with Crippen LogP contribution in [0.15, 0.2) is 77.9 Å². The summed E-state index contributed by atoms with van der Waals surface area (Å²) in [4.78, 5) is 29.9. The molecule has 2 aromatic carbocycles. The lowest BCUT2D eigenvalue weighted by Gasteiger charge is -2.09. The summed E-state index contributed by atoms with van der Waals surface area (Å²) in [6.07, 6.45) is 3.43. The molecule has 0 aliphatic carbocycles. The van der Waals surface area contributed by atoms with Gasteiger partial charge in [0.15, 0.2) is 0 Å². The van der Waals surface area contributed by atoms with Crippen molar-refractivity contribution in [2.75, 3.05) is 0 Å². The molecule has 0 unspecified atom stereocenters. The van der Waals surface area contributed by atoms with E-state index in [1.165, 1.54) is 10.6 Å². The van der Waals surface area contributed by atoms with Gasteiger partial charge < -0.3 is 5.32 Å². The van der Waals surface area contributed by atoms with Crippen LogP contribution in [0.4, 0.5) is 0 Å². The lowest BCUT2D eigenvalue weighted by atomic mass is 10.1. The van der Waals surface area contributed by atoms with Crippen molar-refractivity contribution in [2.45, 2.75) is 13.0 Å². The lowest BCUT2D eigenvalue weighted by molar-refractivity contribution is 0.0950. The van der Waals surface area contributed by atoms with Crippen LogP contribution in [-0.2, 0) is 13.0 Å². The maximum atomic E-state index is 13.0. The lowest BCUT2D eigenvalue weighted by Crippen LogP contribution is -2.25. The number of hydrogen-bond donors (Lipinski definition) is 1. The summed E-state index contributed by atoms with van der Waals surface area (Å²) in [5, 5.41) is 3.75. The molecule has 7 heteroatoms. The minimum Gasteiger partial charge on any atom is -0.348 e. The Morgan fingerprint density at radius 3 is 2.53 bits per heavy atom. The van der Waals surface area contributed by atoms with Crippen molar-refractivity contribution < 1.29 is 4.79 Å². The van der Waals surface area contributed by atoms with Crippen molar-refractivity contribution in [3.63, 3.8) is 0 Å². The van der Waals surface area contributed by atoms with Gasteiger partial charge >= 0.3 is 0 Å². The number of halogens is 2. The first-order valence-corrected chi connectivity index (χ1v) is 10.0. The number of carbonyl (C=O) groups is 1. The average Bonchev–Trinajstić information content (AvgIpc) is 2.77. The molecule has 0 atom stereocenters. The maximum absolute atomic E-state index is 13.0. The van der Waals surface area contributed by atoms with Gasteiger partial charge in [0.2, 0.25) is 0 Å². The monoisotopic (exact) mass is 437 g/mol. The predicted molar refractivity (Wildman–Crippen MR) is 118 cm³/mol. The summed E-state index contributed by atoms with van der Waals surface area (Å²) in [5.74, 6) is -0.262. The molecule has 2 aromatic heterocycles. The number of pyridine rings is 1. The van der Waals surface area contributed by atoms with Crippen molar-refractivity contribution in [1.82, 2.24) is 14.7 Å². The van der Waals surface area contributed by atoms with Gasteiger partial charge in [0.25, 0.3) is 11.5 Å². The normalized spacial score (nSPS) is 10.9. The molecule has 0 saturated carbocycles. The molecule has 150 valence electrons. The fraction of sp³-hybridized carbons (Fsp3) is 0.0870. The Morgan fingerprint density at radius 1 is 0.967 bits per heavy atom. The van der Waals surface area contributed by atoms with E-state index >= 15 is 0 Å². The molecular weight excluding hydrogens is 421 g/mol. The average molecular weight is 438 g/mol. The molecule has 0 aliphatic rings. The van der Waals surface area contributed by atoms with Crippen LogP contribution in [0.3, 0.4) is 0 Å². The molecule has 4 rings (SSSR count). The molecule has 0 aliphatic heterocycles. The summed E-state index contributed by atoms with van der Waals surface area (Å²) in [7, 11) is 0. The first-order valence-electron chi connectivity index (χ1n) is 9.27. The van der Waals surface area contributed by atoms with Gasteiger partial charge in [0, 0.05) is 30.9 Å². The van der Waals surface area contributed by atoms with E-state index in [1.807, 2.05) is 36.4 Å². The summed E-state index contributed by atoms with van der Waals surface area (Å²) in [6.45, 7) is 0.405. The zero-order valence-corrected chi connectivity index (χ0v) is 17.3. The second kappa shape index (κ2) is 8.69. The minimum absolute atomic E-state index is 0.233. The van der Waals surface area contributed by atoms with E-state index in [2.05, 4.69) is 10.3 Å². The van der Waals surface area contributed by atoms with Crippen LogP contribution >= 0.6 is 23.2 Å². The van der Waals surface area contributed by atoms with Crippen molar-refractivity contribution in [3.8, 4) is 0 Å². The highest BCUT2D eigenvalue weighted by molar-refractivity contribution is 6.42. The number of nitrogens with zero attached hydrogens (tertiary/aromatic N) is 2. The molecule has 1 amide bonds. The minimum atomic E-state index is -0.262. The Bertz CT molecular complexity index is 1290. The van der Waals surface area contributed by atoms with Crippen LogP contribution in [0.2, 0.25) is 10.0 Å². The highest BCUT2D eigenvalue weighted by Gasteiger charge is 2.11. The fourth-order valence-electron chi connectivity index (χ4n) is 3.12. The molecule has 2 heterocycles. The van der Waals surface area contributed by atoms with Crippen molar-refractivity contribution >= 4 is 34.8 Å². The third-order valence-corrected chi connectivity index (χ3v) is 5.45. The van der Waals surface area contributed by atoms with Gasteiger partial charge in [-0.05, 0) is 35.4 Å². The molecule has 0 spiro atoms. The highest BCUT2D eigenvalue weighted by atomic mass is 35.5. The van der Waals surface area contributed by atoms with E-state index in [9.17, 15) is 9.59 Å². The first-order chi connectivity index (χ1) is 14.5. The molecule has 0 saturated heterocycles. The van der Waals surface area contributed by atoms with Gasteiger partial charge in [0.05, 0.1) is 15.6 Å². The smallest absolute Gasteiger partial charge is 0.261 e. The van der Waals surface area contributed by atoms with E-state index in [0.29, 0.717) is 39.8 Å². The summed E-state index contributed by atoms with van der Waals surface area (Å²) in [5.41, 5.74) is 2.96. The van der Waals surface area contributed by atoms with Gasteiger partial charge in [-0.1, -0.05) is 59.6 Å². The van der Waals surface area contributed by atoms with E-state index in [1.54, 1.807) is 30.5 Å². The molecule has 0 bridgehead atoms. The number of nitrogens with one attached hydrogen (secondary N) is 1. The number of benzene rings is 2. The highest BCUT2D eigenvalue weighted by Crippen LogP contribution is 2.23. The van der Waals surface area contributed by atoms with Crippen LogP contribution < -0.4 is 10.9 Å². The number of carbonyl (C=O) groups excluding carboxylic acids is 1. The second-order valence-electron chi connectivity index (χ2n) is 6.83. The van der Waals surface area contributed by atoms with Crippen LogP contribution in [-0.4, -0.2) is 15.3 Å². The Hall–Kier alpha value is -3.15. The SMILES string of the molecule is O=C(NCc1ccccc1)c1ccc2ncc(Cc3ccc(Cl)c(Cl)c3)c(=O)n2c1. The van der Waals surface area contributed by atoms with Crippen molar-refractivity contribution in [3.05, 3.63) is 116 Å². The zero-order chi connectivity index (χ0) is 21.1. The van der Waals surface area contributed by atoms with Crippen LogP contribution in [0, 0.1) is 0 Å². The third-order valence-electron chi connectivity index (χ3n) is 4.71. The standard InChI is InChI=1S/C23H17Cl2N3O2/c24-19-8-6-16(11-20(19)25)10-18-13-26-21-9-7-17(14-28(21)23(18)30)22(29)27-12-15-4-2-1-3-5-15/h1-9,11,13-14H,10,12H2,(H,27,29). The van der Waals surface area contributed by atoms with Gasteiger partial charge in [-0.3, -0.25) is 14.0 Å². The molecule has 0 fully saturated rings. The first kappa shape index (κ1) is 20.1. The molecule has 5 nitrogen and oxygen atoms in total. The predicted octanol–water partition coefficient (Wildman–Crippen LogP) is 4.52. The van der Waals surface area contributed by atoms with Crippen LogP contribution in [0.1, 0.15) is 27.0 Å². The maximum Gasteiger partial charge on any atom is 0.261 e. The topological polar surface area (TPSA) is 63.5 Å². The quantitative estimate of drug-likeness (QED) is 0.498. The number of amides is 1. The molecule has 30 heavy (non-hydrogen) atoms. The summed E-state index contributed by atoms with van der Waals surface area (Å²) >= 11 is 12.0. The third kappa shape index (κ3) is 4.37. The van der Waals surface area contributed by atoms with Gasteiger partial charge in [-0.15, -0.1) is 0 Å². The molecule has 4 aromatic rings. The van der Waals surface area contributed by atoms with Crippen LogP contribution in [0.25, 0.3) is 5.65 Å². The van der Waals surface area contributed by atoms with Crippen molar-refractivity contribution in [1.29, 1.82) is 0 Å². The Morgan fingerprint density at radius 2 is 1.77 bits per heavy atom. The van der Waals surface area contributed by atoms with E-state index in [-0.39, 0.29) is 11.5 Å². The fourth-order valence-corrected chi connectivity index (χ4v) is 3.44. The number of fused-ring (bicyclic) bond motifs is 1. The summed E-state index contributed by atoms with van der Waals surface area (Å²) < 4.78 is 1.39. The molecule has 0 radical (unpaired) electrons. The molecule has 1 N–H and O–H groups in total. The second-order valence-corrected chi connectivity index (χ2v) is 7.64. The molecular formula is C23H17Cl2N3O2. The van der Waals surface area contributed by atoms with Gasteiger partial charge in [-0.2, -0.15) is 0 Å². The van der Waals surface area contributed by atoms with E-state index in [0.717, 1.165) is 11.1 Å². The Labute approximate surface area is 182 Å². The zero-order valence-electron chi connectivity index (χ0n) is 15.8. The van der Waals surface area contributed by atoms with Gasteiger partial charge in [0.1, 0.15) is 5.65 Å². The van der Waals surface area contributed by atoms with Gasteiger partial charge in [-0.25, -0.2) is 4.98 Å². The van der Waals surface area contributed by atoms with E-state index < -0.39 is 0 Å².